The lowest BCUT2D eigenvalue weighted by Crippen LogP contribution is -2.56. The first kappa shape index (κ1) is 15.7. The van der Waals surface area contributed by atoms with Crippen molar-refractivity contribution in [1.82, 2.24) is 9.80 Å². The fourth-order valence-corrected chi connectivity index (χ4v) is 3.75. The van der Waals surface area contributed by atoms with Crippen LogP contribution in [0.15, 0.2) is 0 Å². The van der Waals surface area contributed by atoms with Crippen molar-refractivity contribution in [3.63, 3.8) is 0 Å². The van der Waals surface area contributed by atoms with Crippen molar-refractivity contribution in [2.24, 2.45) is 11.1 Å². The first-order valence-corrected chi connectivity index (χ1v) is 8.24. The summed E-state index contributed by atoms with van der Waals surface area (Å²) in [7, 11) is 0. The number of piperazine rings is 1. The lowest BCUT2D eigenvalue weighted by molar-refractivity contribution is -0.144. The zero-order valence-corrected chi connectivity index (χ0v) is 13.5. The van der Waals surface area contributed by atoms with Crippen molar-refractivity contribution in [3.05, 3.63) is 0 Å². The Kier molecular flexibility index (Phi) is 5.02. The second-order valence-electron chi connectivity index (χ2n) is 6.25. The van der Waals surface area contributed by atoms with Crippen molar-refractivity contribution in [2.45, 2.75) is 52.0 Å². The summed E-state index contributed by atoms with van der Waals surface area (Å²) in [5.74, 6) is 0.389. The molecule has 5 heteroatoms. The molecule has 0 radical (unpaired) electrons. The number of nitrogens with two attached hydrogens (primary N) is 1. The molecule has 0 aromatic heterocycles. The van der Waals surface area contributed by atoms with Gasteiger partial charge in [0.1, 0.15) is 0 Å². The molecule has 20 heavy (non-hydrogen) atoms. The molecule has 1 atom stereocenters. The van der Waals surface area contributed by atoms with Gasteiger partial charge in [-0.3, -0.25) is 9.69 Å². The standard InChI is InChI=1S/C15H27N3OS/c1-3-15(6-4-5-7-15)14(19)18-10-8-17(9-11-18)12(2)13(16)20/h12H,3-11H2,1-2H3,(H2,16,20). The van der Waals surface area contributed by atoms with Gasteiger partial charge in [-0.15, -0.1) is 0 Å². The van der Waals surface area contributed by atoms with Crippen molar-refractivity contribution in [2.75, 3.05) is 26.2 Å². The lowest BCUT2D eigenvalue weighted by Gasteiger charge is -2.41. The number of thiocarbonyl (C=S) groups is 1. The summed E-state index contributed by atoms with van der Waals surface area (Å²) >= 11 is 5.06. The molecule has 1 heterocycles. The van der Waals surface area contributed by atoms with Crippen LogP contribution >= 0.6 is 12.2 Å². The minimum Gasteiger partial charge on any atom is -0.392 e. The largest absolute Gasteiger partial charge is 0.392 e. The Morgan fingerprint density at radius 2 is 1.80 bits per heavy atom. The fraction of sp³-hybridized carbons (Fsp3) is 0.867. The van der Waals surface area contributed by atoms with E-state index in [0.29, 0.717) is 10.9 Å². The van der Waals surface area contributed by atoms with Crippen LogP contribution in [0.25, 0.3) is 0 Å². The van der Waals surface area contributed by atoms with E-state index >= 15 is 0 Å². The number of nitrogens with zero attached hydrogens (tertiary/aromatic N) is 2. The molecule has 1 aliphatic heterocycles. The molecule has 2 aliphatic rings. The summed E-state index contributed by atoms with van der Waals surface area (Å²) < 4.78 is 0. The molecule has 0 aromatic carbocycles. The molecule has 1 aliphatic carbocycles. The average Bonchev–Trinajstić information content (AvgIpc) is 2.96. The number of carbonyl (C=O) groups is 1. The second kappa shape index (κ2) is 6.39. The maximum atomic E-state index is 12.8. The smallest absolute Gasteiger partial charge is 0.228 e. The van der Waals surface area contributed by atoms with Gasteiger partial charge < -0.3 is 10.6 Å². The highest BCUT2D eigenvalue weighted by molar-refractivity contribution is 7.80. The van der Waals surface area contributed by atoms with Gasteiger partial charge >= 0.3 is 0 Å². The predicted molar refractivity (Wildman–Crippen MR) is 85.6 cm³/mol. The van der Waals surface area contributed by atoms with E-state index in [9.17, 15) is 4.79 Å². The second-order valence-corrected chi connectivity index (χ2v) is 6.72. The van der Waals surface area contributed by atoms with Crippen LogP contribution in [0.2, 0.25) is 0 Å². The van der Waals surface area contributed by atoms with Crippen molar-refractivity contribution >= 4 is 23.1 Å². The lowest BCUT2D eigenvalue weighted by atomic mass is 9.81. The van der Waals surface area contributed by atoms with E-state index in [1.165, 1.54) is 12.8 Å². The highest BCUT2D eigenvalue weighted by Crippen LogP contribution is 2.42. The van der Waals surface area contributed by atoms with E-state index in [0.717, 1.165) is 45.4 Å². The highest BCUT2D eigenvalue weighted by atomic mass is 32.1. The monoisotopic (exact) mass is 297 g/mol. The third-order valence-corrected chi connectivity index (χ3v) is 5.59. The number of hydrogen-bond donors (Lipinski definition) is 1. The van der Waals surface area contributed by atoms with E-state index in [4.69, 9.17) is 18.0 Å². The normalized spacial score (nSPS) is 24.6. The summed E-state index contributed by atoms with van der Waals surface area (Å²) in [4.78, 5) is 17.7. The van der Waals surface area contributed by atoms with E-state index < -0.39 is 0 Å². The molecule has 1 saturated carbocycles. The van der Waals surface area contributed by atoms with Crippen LogP contribution in [0.5, 0.6) is 0 Å². The molecular formula is C15H27N3OS. The van der Waals surface area contributed by atoms with Crippen LogP contribution < -0.4 is 5.73 Å². The van der Waals surface area contributed by atoms with Crippen molar-refractivity contribution in [3.8, 4) is 0 Å². The molecular weight excluding hydrogens is 270 g/mol. The van der Waals surface area contributed by atoms with Gasteiger partial charge in [0.2, 0.25) is 5.91 Å². The fourth-order valence-electron chi connectivity index (χ4n) is 3.60. The number of rotatable bonds is 4. The van der Waals surface area contributed by atoms with E-state index in [-0.39, 0.29) is 11.5 Å². The molecule has 2 N–H and O–H groups in total. The molecule has 1 amide bonds. The minimum absolute atomic E-state index is 0.0586. The predicted octanol–water partition coefficient (Wildman–Crippen LogP) is 1.78. The van der Waals surface area contributed by atoms with Gasteiger partial charge in [0.25, 0.3) is 0 Å². The van der Waals surface area contributed by atoms with Gasteiger partial charge in [-0.25, -0.2) is 0 Å². The van der Waals surface area contributed by atoms with Gasteiger partial charge in [0, 0.05) is 31.6 Å². The quantitative estimate of drug-likeness (QED) is 0.804. The first-order chi connectivity index (χ1) is 9.50. The SMILES string of the molecule is CCC1(C(=O)N2CCN(C(C)C(N)=S)CC2)CCCC1. The van der Waals surface area contributed by atoms with Gasteiger partial charge in [0.05, 0.1) is 11.0 Å². The van der Waals surface area contributed by atoms with Gasteiger partial charge in [-0.1, -0.05) is 32.0 Å². The van der Waals surface area contributed by atoms with Crippen molar-refractivity contribution < 1.29 is 4.79 Å². The molecule has 2 fully saturated rings. The minimum atomic E-state index is -0.0586. The van der Waals surface area contributed by atoms with Gasteiger partial charge in [-0.05, 0) is 26.2 Å². The Hall–Kier alpha value is -0.680. The number of hydrogen-bond acceptors (Lipinski definition) is 3. The maximum Gasteiger partial charge on any atom is 0.228 e. The van der Waals surface area contributed by atoms with Gasteiger partial charge in [-0.2, -0.15) is 0 Å². The highest BCUT2D eigenvalue weighted by Gasteiger charge is 2.42. The van der Waals surface area contributed by atoms with Crippen LogP contribution in [-0.4, -0.2) is 52.9 Å². The topological polar surface area (TPSA) is 49.6 Å². The summed E-state index contributed by atoms with van der Waals surface area (Å²) in [5, 5.41) is 0. The zero-order valence-electron chi connectivity index (χ0n) is 12.7. The molecule has 1 saturated heterocycles. The summed E-state index contributed by atoms with van der Waals surface area (Å²) in [6.45, 7) is 7.59. The molecule has 0 spiro atoms. The van der Waals surface area contributed by atoms with E-state index in [1.807, 2.05) is 6.92 Å². The Balaban J connectivity index is 1.93. The summed E-state index contributed by atoms with van der Waals surface area (Å²) in [5.41, 5.74) is 5.65. The van der Waals surface area contributed by atoms with Crippen LogP contribution in [0.1, 0.15) is 46.0 Å². The van der Waals surface area contributed by atoms with Gasteiger partial charge in [0.15, 0.2) is 0 Å². The Morgan fingerprint density at radius 1 is 1.25 bits per heavy atom. The molecule has 4 nitrogen and oxygen atoms in total. The van der Waals surface area contributed by atoms with Crippen LogP contribution in [0.4, 0.5) is 0 Å². The summed E-state index contributed by atoms with van der Waals surface area (Å²) in [6.07, 6.45) is 5.54. The molecule has 2 rings (SSSR count). The Bertz CT molecular complexity index is 371. The molecule has 0 aromatic rings. The third kappa shape index (κ3) is 2.98. The Labute approximate surface area is 127 Å². The first-order valence-electron chi connectivity index (χ1n) is 7.83. The van der Waals surface area contributed by atoms with E-state index in [2.05, 4.69) is 16.7 Å². The maximum absolute atomic E-state index is 12.8. The molecule has 114 valence electrons. The average molecular weight is 297 g/mol. The number of carbonyl (C=O) groups excluding carboxylic acids is 1. The van der Waals surface area contributed by atoms with Crippen LogP contribution in [0.3, 0.4) is 0 Å². The van der Waals surface area contributed by atoms with Crippen molar-refractivity contribution in [1.29, 1.82) is 0 Å². The Morgan fingerprint density at radius 3 is 2.25 bits per heavy atom. The zero-order chi connectivity index (χ0) is 14.8. The molecule has 1 unspecified atom stereocenters. The van der Waals surface area contributed by atoms with Crippen LogP contribution in [-0.2, 0) is 4.79 Å². The number of amides is 1. The van der Waals surface area contributed by atoms with E-state index in [1.54, 1.807) is 0 Å². The molecule has 0 bridgehead atoms. The van der Waals surface area contributed by atoms with Crippen LogP contribution in [0, 0.1) is 5.41 Å². The third-order valence-electron chi connectivity index (χ3n) is 5.25. The summed E-state index contributed by atoms with van der Waals surface area (Å²) in [6, 6.07) is 0.133.